The Morgan fingerprint density at radius 3 is 2.24 bits per heavy atom. The van der Waals surface area contributed by atoms with E-state index in [1.54, 1.807) is 0 Å². The van der Waals surface area contributed by atoms with Crippen molar-refractivity contribution in [3.63, 3.8) is 0 Å². The van der Waals surface area contributed by atoms with E-state index in [4.69, 9.17) is 10.9 Å². The lowest BCUT2D eigenvalue weighted by atomic mass is 10.2. The van der Waals surface area contributed by atoms with Gasteiger partial charge < -0.3 is 10.0 Å². The molecule has 100 valence electrons. The highest BCUT2D eigenvalue weighted by Gasteiger charge is 2.15. The first-order valence-electron chi connectivity index (χ1n) is 6.31. The fraction of sp³-hybridized carbons (Fsp3) is 0.909. The highest BCUT2D eigenvalue weighted by Crippen LogP contribution is 2.04. The molecule has 17 heavy (non-hydrogen) atoms. The van der Waals surface area contributed by atoms with Gasteiger partial charge >= 0.3 is 0 Å². The average Bonchev–Trinajstić information content (AvgIpc) is 2.36. The van der Waals surface area contributed by atoms with Crippen molar-refractivity contribution in [3.05, 3.63) is 0 Å². The van der Waals surface area contributed by atoms with Crippen molar-refractivity contribution < 1.29 is 9.90 Å². The van der Waals surface area contributed by atoms with Crippen LogP contribution in [0.4, 0.5) is 0 Å². The van der Waals surface area contributed by atoms with E-state index in [9.17, 15) is 4.79 Å². The first kappa shape index (κ1) is 14.4. The number of amides is 1. The van der Waals surface area contributed by atoms with Gasteiger partial charge in [-0.3, -0.25) is 15.1 Å². The molecule has 1 amide bonds. The number of nitrogens with two attached hydrogens (primary N) is 1. The van der Waals surface area contributed by atoms with E-state index in [0.717, 1.165) is 52.1 Å². The fourth-order valence-corrected chi connectivity index (χ4v) is 2.07. The summed E-state index contributed by atoms with van der Waals surface area (Å²) in [5.41, 5.74) is 2.14. The topological polar surface area (TPSA) is 81.8 Å². The molecule has 0 radical (unpaired) electrons. The van der Waals surface area contributed by atoms with Crippen molar-refractivity contribution in [2.75, 3.05) is 45.9 Å². The number of β-amino-alcohol motifs (C(OH)–C–C–N with tert-alkyl or cyclic N) is 1. The summed E-state index contributed by atoms with van der Waals surface area (Å²) in [6.07, 6.45) is 2.44. The fourth-order valence-electron chi connectivity index (χ4n) is 2.07. The Balaban J connectivity index is 2.00. The van der Waals surface area contributed by atoms with Crippen LogP contribution in [-0.2, 0) is 4.79 Å². The van der Waals surface area contributed by atoms with Gasteiger partial charge in [0.15, 0.2) is 0 Å². The summed E-state index contributed by atoms with van der Waals surface area (Å²) in [6, 6.07) is 0. The maximum Gasteiger partial charge on any atom is 0.233 e. The molecular weight excluding hydrogens is 220 g/mol. The summed E-state index contributed by atoms with van der Waals surface area (Å²) >= 11 is 0. The molecule has 1 aliphatic rings. The van der Waals surface area contributed by atoms with Crippen molar-refractivity contribution in [1.82, 2.24) is 15.2 Å². The predicted molar refractivity (Wildman–Crippen MR) is 66.1 cm³/mol. The van der Waals surface area contributed by atoms with Gasteiger partial charge in [0.1, 0.15) is 0 Å². The van der Waals surface area contributed by atoms with Gasteiger partial charge in [0.25, 0.3) is 0 Å². The third kappa shape index (κ3) is 5.97. The Morgan fingerprint density at radius 1 is 1.12 bits per heavy atom. The number of aliphatic hydroxyl groups excluding tert-OH is 1. The Bertz CT molecular complexity index is 218. The lowest BCUT2D eigenvalue weighted by Gasteiger charge is -2.34. The molecule has 0 aromatic rings. The van der Waals surface area contributed by atoms with Gasteiger partial charge in [-0.05, 0) is 19.4 Å². The minimum atomic E-state index is -0.0854. The lowest BCUT2D eigenvalue weighted by molar-refractivity contribution is -0.121. The van der Waals surface area contributed by atoms with E-state index in [1.165, 1.54) is 0 Å². The standard InChI is InChI=1S/C11H24N4O2/c12-13-11(17)3-1-2-4-14-5-7-15(8-6-14)9-10-16/h16H,1-10,12H2,(H,13,17). The summed E-state index contributed by atoms with van der Waals surface area (Å²) in [7, 11) is 0. The monoisotopic (exact) mass is 244 g/mol. The smallest absolute Gasteiger partial charge is 0.233 e. The number of piperazine rings is 1. The second-order valence-electron chi connectivity index (χ2n) is 4.43. The molecule has 4 N–H and O–H groups in total. The Hall–Kier alpha value is -0.690. The number of aliphatic hydroxyl groups is 1. The summed E-state index contributed by atoms with van der Waals surface area (Å²) in [5, 5.41) is 8.83. The van der Waals surface area contributed by atoms with Gasteiger partial charge in [0, 0.05) is 39.1 Å². The average molecular weight is 244 g/mol. The van der Waals surface area contributed by atoms with Crippen LogP contribution in [0, 0.1) is 0 Å². The SMILES string of the molecule is NNC(=O)CCCCN1CCN(CCO)CC1. The molecule has 0 unspecified atom stereocenters. The third-order valence-corrected chi connectivity index (χ3v) is 3.17. The van der Waals surface area contributed by atoms with E-state index >= 15 is 0 Å². The first-order valence-corrected chi connectivity index (χ1v) is 6.31. The maximum atomic E-state index is 10.9. The molecule has 0 spiro atoms. The second kappa shape index (κ2) is 8.41. The van der Waals surface area contributed by atoms with Gasteiger partial charge in [-0.1, -0.05) is 0 Å². The van der Waals surface area contributed by atoms with Gasteiger partial charge in [-0.15, -0.1) is 0 Å². The first-order chi connectivity index (χ1) is 8.26. The quantitative estimate of drug-likeness (QED) is 0.226. The molecular formula is C11H24N4O2. The Labute approximate surface area is 103 Å². The zero-order valence-corrected chi connectivity index (χ0v) is 10.4. The van der Waals surface area contributed by atoms with Gasteiger partial charge in [0.2, 0.25) is 5.91 Å². The maximum absolute atomic E-state index is 10.9. The molecule has 1 rings (SSSR count). The van der Waals surface area contributed by atoms with Crippen LogP contribution in [0.1, 0.15) is 19.3 Å². The minimum Gasteiger partial charge on any atom is -0.395 e. The van der Waals surface area contributed by atoms with Crippen LogP contribution in [0.15, 0.2) is 0 Å². The molecule has 1 fully saturated rings. The van der Waals surface area contributed by atoms with Crippen molar-refractivity contribution in [1.29, 1.82) is 0 Å². The minimum absolute atomic E-state index is 0.0854. The molecule has 0 saturated carbocycles. The molecule has 0 aromatic heterocycles. The number of hydrogen-bond donors (Lipinski definition) is 3. The van der Waals surface area contributed by atoms with Gasteiger partial charge in [-0.25, -0.2) is 5.84 Å². The largest absolute Gasteiger partial charge is 0.395 e. The van der Waals surface area contributed by atoms with E-state index in [-0.39, 0.29) is 12.5 Å². The number of nitrogens with zero attached hydrogens (tertiary/aromatic N) is 2. The number of nitrogens with one attached hydrogen (secondary N) is 1. The zero-order valence-electron chi connectivity index (χ0n) is 10.4. The lowest BCUT2D eigenvalue weighted by Crippen LogP contribution is -2.47. The highest BCUT2D eigenvalue weighted by atomic mass is 16.3. The normalized spacial score (nSPS) is 18.2. The Morgan fingerprint density at radius 2 is 1.71 bits per heavy atom. The highest BCUT2D eigenvalue weighted by molar-refractivity contribution is 5.75. The summed E-state index contributed by atoms with van der Waals surface area (Å²) < 4.78 is 0. The van der Waals surface area contributed by atoms with Crippen molar-refractivity contribution >= 4 is 5.91 Å². The molecule has 6 heteroatoms. The van der Waals surface area contributed by atoms with Crippen LogP contribution in [0.2, 0.25) is 0 Å². The third-order valence-electron chi connectivity index (χ3n) is 3.17. The van der Waals surface area contributed by atoms with Crippen LogP contribution in [0.25, 0.3) is 0 Å². The number of carbonyl (C=O) groups is 1. The van der Waals surface area contributed by atoms with E-state index in [0.29, 0.717) is 6.42 Å². The number of hydrazine groups is 1. The number of unbranched alkanes of at least 4 members (excludes halogenated alkanes) is 1. The molecule has 0 bridgehead atoms. The van der Waals surface area contributed by atoms with Crippen LogP contribution >= 0.6 is 0 Å². The van der Waals surface area contributed by atoms with Crippen LogP contribution in [0.5, 0.6) is 0 Å². The number of hydrogen-bond acceptors (Lipinski definition) is 5. The van der Waals surface area contributed by atoms with Gasteiger partial charge in [-0.2, -0.15) is 0 Å². The molecule has 0 aromatic carbocycles. The molecule has 1 aliphatic heterocycles. The van der Waals surface area contributed by atoms with Crippen LogP contribution < -0.4 is 11.3 Å². The second-order valence-corrected chi connectivity index (χ2v) is 4.43. The molecule has 1 saturated heterocycles. The van der Waals surface area contributed by atoms with E-state index in [2.05, 4.69) is 15.2 Å². The van der Waals surface area contributed by atoms with Crippen LogP contribution in [-0.4, -0.2) is 66.7 Å². The number of carbonyl (C=O) groups excluding carboxylic acids is 1. The summed E-state index contributed by atoms with van der Waals surface area (Å²) in [6.45, 7) is 6.25. The van der Waals surface area contributed by atoms with Crippen molar-refractivity contribution in [2.24, 2.45) is 5.84 Å². The number of rotatable bonds is 7. The summed E-state index contributed by atoms with van der Waals surface area (Å²) in [5.74, 6) is 4.92. The molecule has 0 atom stereocenters. The Kier molecular flexibility index (Phi) is 7.11. The van der Waals surface area contributed by atoms with Gasteiger partial charge in [0.05, 0.1) is 6.61 Å². The summed E-state index contributed by atoms with van der Waals surface area (Å²) in [4.78, 5) is 15.6. The molecule has 6 nitrogen and oxygen atoms in total. The molecule has 0 aliphatic carbocycles. The van der Waals surface area contributed by atoms with E-state index < -0.39 is 0 Å². The van der Waals surface area contributed by atoms with E-state index in [1.807, 2.05) is 0 Å². The predicted octanol–water partition coefficient (Wildman–Crippen LogP) is -1.24. The zero-order chi connectivity index (χ0) is 12.5. The molecule has 1 heterocycles. The van der Waals surface area contributed by atoms with Crippen LogP contribution in [0.3, 0.4) is 0 Å². The van der Waals surface area contributed by atoms with Crippen molar-refractivity contribution in [2.45, 2.75) is 19.3 Å². The van der Waals surface area contributed by atoms with Crippen molar-refractivity contribution in [3.8, 4) is 0 Å².